The highest BCUT2D eigenvalue weighted by atomic mass is 19.1. The van der Waals surface area contributed by atoms with Gasteiger partial charge in [-0.1, -0.05) is 18.1 Å². The van der Waals surface area contributed by atoms with Gasteiger partial charge in [0.2, 0.25) is 11.8 Å². The summed E-state index contributed by atoms with van der Waals surface area (Å²) in [6, 6.07) is 5.37. The number of halogens is 1. The van der Waals surface area contributed by atoms with Gasteiger partial charge in [0, 0.05) is 44.6 Å². The van der Waals surface area contributed by atoms with Crippen molar-refractivity contribution in [2.24, 2.45) is 5.92 Å². The van der Waals surface area contributed by atoms with Crippen molar-refractivity contribution in [1.82, 2.24) is 20.4 Å². The molecule has 8 nitrogen and oxygen atoms in total. The number of piperidine rings is 1. The average molecular weight is 417 g/mol. The normalized spacial score (nSPS) is 16.3. The maximum absolute atomic E-state index is 13.2. The minimum absolute atomic E-state index is 0.110. The van der Waals surface area contributed by atoms with Crippen molar-refractivity contribution in [2.75, 3.05) is 25.0 Å². The summed E-state index contributed by atoms with van der Waals surface area (Å²) >= 11 is 0. The molecule has 1 aliphatic heterocycles. The number of hydrogen-bond donors (Lipinski definition) is 2. The Kier molecular flexibility index (Phi) is 7.75. The zero-order valence-corrected chi connectivity index (χ0v) is 17.2. The quantitative estimate of drug-likeness (QED) is 0.687. The van der Waals surface area contributed by atoms with Crippen molar-refractivity contribution in [3.8, 4) is 0 Å². The molecule has 0 saturated carbocycles. The van der Waals surface area contributed by atoms with E-state index in [0.29, 0.717) is 49.8 Å². The molecule has 162 valence electrons. The van der Waals surface area contributed by atoms with Crippen molar-refractivity contribution in [2.45, 2.75) is 45.4 Å². The van der Waals surface area contributed by atoms with Crippen LogP contribution in [0, 0.1) is 11.7 Å². The number of likely N-dealkylation sites (tertiary alicyclic amines) is 1. The topological polar surface area (TPSA) is 100 Å². The van der Waals surface area contributed by atoms with Gasteiger partial charge in [0.25, 0.3) is 0 Å². The smallest absolute Gasteiger partial charge is 0.319 e. The van der Waals surface area contributed by atoms with Crippen LogP contribution in [0.2, 0.25) is 0 Å². The van der Waals surface area contributed by atoms with Crippen LogP contribution < -0.4 is 10.6 Å². The first kappa shape index (κ1) is 21.7. The molecule has 3 rings (SSSR count). The van der Waals surface area contributed by atoms with Gasteiger partial charge in [-0.2, -0.15) is 4.98 Å². The highest BCUT2D eigenvalue weighted by molar-refractivity contribution is 5.89. The summed E-state index contributed by atoms with van der Waals surface area (Å²) in [5, 5.41) is 9.29. The summed E-state index contributed by atoms with van der Waals surface area (Å²) in [5.74, 6) is 1.16. The largest absolute Gasteiger partial charge is 0.342 e. The van der Waals surface area contributed by atoms with Crippen LogP contribution in [0.3, 0.4) is 0 Å². The van der Waals surface area contributed by atoms with Gasteiger partial charge < -0.3 is 20.1 Å². The van der Waals surface area contributed by atoms with Gasteiger partial charge in [0.1, 0.15) is 5.82 Å². The molecule has 0 radical (unpaired) electrons. The summed E-state index contributed by atoms with van der Waals surface area (Å²) in [5.41, 5.74) is 0.403. The fourth-order valence-electron chi connectivity index (χ4n) is 3.52. The van der Waals surface area contributed by atoms with Crippen LogP contribution in [-0.2, 0) is 17.6 Å². The number of urea groups is 1. The fourth-order valence-corrected chi connectivity index (χ4v) is 3.52. The molecule has 1 fully saturated rings. The third-order valence-corrected chi connectivity index (χ3v) is 5.11. The highest BCUT2D eigenvalue weighted by Crippen LogP contribution is 2.18. The maximum atomic E-state index is 13.2. The second-order valence-electron chi connectivity index (χ2n) is 7.50. The van der Waals surface area contributed by atoms with Gasteiger partial charge in [-0.15, -0.1) is 0 Å². The lowest BCUT2D eigenvalue weighted by molar-refractivity contribution is -0.133. The van der Waals surface area contributed by atoms with E-state index in [1.54, 1.807) is 6.07 Å². The molecule has 1 aromatic carbocycles. The predicted octanol–water partition coefficient (Wildman–Crippen LogP) is 3.15. The van der Waals surface area contributed by atoms with Crippen molar-refractivity contribution >= 4 is 17.6 Å². The number of nitrogens with one attached hydrogen (secondary N) is 2. The van der Waals surface area contributed by atoms with E-state index in [9.17, 15) is 14.0 Å². The third kappa shape index (κ3) is 6.53. The SMILES string of the molecule is CCc1noc(CCCC(=O)N2CCCC(CNC(=O)Nc3cccc(F)c3)C2)n1. The molecule has 0 spiro atoms. The molecule has 1 aromatic heterocycles. The van der Waals surface area contributed by atoms with E-state index in [2.05, 4.69) is 20.8 Å². The van der Waals surface area contributed by atoms with Crippen LogP contribution in [0.5, 0.6) is 0 Å². The summed E-state index contributed by atoms with van der Waals surface area (Å²) in [7, 11) is 0. The molecule has 1 saturated heterocycles. The van der Waals surface area contributed by atoms with Crippen molar-refractivity contribution in [3.63, 3.8) is 0 Å². The molecule has 1 aliphatic rings. The molecule has 30 heavy (non-hydrogen) atoms. The Bertz CT molecular complexity index is 857. The van der Waals surface area contributed by atoms with Crippen LogP contribution in [0.4, 0.5) is 14.9 Å². The zero-order chi connectivity index (χ0) is 21.3. The molecular weight excluding hydrogens is 389 g/mol. The summed E-state index contributed by atoms with van der Waals surface area (Å²) in [6.45, 7) is 3.79. The first-order chi connectivity index (χ1) is 14.5. The summed E-state index contributed by atoms with van der Waals surface area (Å²) in [6.07, 6.45) is 4.28. The molecule has 1 unspecified atom stereocenters. The first-order valence-corrected chi connectivity index (χ1v) is 10.4. The van der Waals surface area contributed by atoms with E-state index < -0.39 is 5.82 Å². The second kappa shape index (κ2) is 10.7. The van der Waals surface area contributed by atoms with Crippen LogP contribution >= 0.6 is 0 Å². The van der Waals surface area contributed by atoms with E-state index in [1.165, 1.54) is 18.2 Å². The van der Waals surface area contributed by atoms with E-state index in [4.69, 9.17) is 4.52 Å². The van der Waals surface area contributed by atoms with Gasteiger partial charge >= 0.3 is 6.03 Å². The van der Waals surface area contributed by atoms with Crippen molar-refractivity contribution < 1.29 is 18.5 Å². The van der Waals surface area contributed by atoms with Gasteiger partial charge in [0.15, 0.2) is 5.82 Å². The number of carbonyl (C=O) groups excluding carboxylic acids is 2. The average Bonchev–Trinajstić information content (AvgIpc) is 3.20. The first-order valence-electron chi connectivity index (χ1n) is 10.4. The number of hydrogen-bond acceptors (Lipinski definition) is 5. The minimum atomic E-state index is -0.404. The van der Waals surface area contributed by atoms with Gasteiger partial charge in [-0.25, -0.2) is 9.18 Å². The number of anilines is 1. The Morgan fingerprint density at radius 3 is 3.00 bits per heavy atom. The molecule has 0 bridgehead atoms. The number of carbonyl (C=O) groups is 2. The standard InChI is InChI=1S/C21H28FN5O3/c1-2-18-25-19(30-26-18)9-4-10-20(28)27-11-5-6-15(14-27)13-23-21(29)24-17-8-3-7-16(22)12-17/h3,7-8,12,15H,2,4-6,9-11,13-14H2,1H3,(H2,23,24,29). The Labute approximate surface area is 175 Å². The van der Waals surface area contributed by atoms with Crippen LogP contribution in [0.1, 0.15) is 44.3 Å². The van der Waals surface area contributed by atoms with Gasteiger partial charge in [-0.05, 0) is 43.4 Å². The molecular formula is C21H28FN5O3. The van der Waals surface area contributed by atoms with E-state index in [-0.39, 0.29) is 17.9 Å². The third-order valence-electron chi connectivity index (χ3n) is 5.11. The molecule has 9 heteroatoms. The molecule has 2 heterocycles. The lowest BCUT2D eigenvalue weighted by Crippen LogP contribution is -2.44. The van der Waals surface area contributed by atoms with Crippen molar-refractivity contribution in [3.05, 3.63) is 41.8 Å². The molecule has 0 aliphatic carbocycles. The van der Waals surface area contributed by atoms with Crippen molar-refractivity contribution in [1.29, 1.82) is 0 Å². The number of amides is 3. The summed E-state index contributed by atoms with van der Waals surface area (Å²) in [4.78, 5) is 30.7. The Balaban J connectivity index is 1.37. The Hall–Kier alpha value is -2.97. The summed E-state index contributed by atoms with van der Waals surface area (Å²) < 4.78 is 18.3. The number of rotatable bonds is 8. The van der Waals surface area contributed by atoms with Crippen LogP contribution in [0.25, 0.3) is 0 Å². The predicted molar refractivity (Wildman–Crippen MR) is 109 cm³/mol. The van der Waals surface area contributed by atoms with E-state index in [0.717, 1.165) is 25.8 Å². The number of aromatic nitrogens is 2. The van der Waals surface area contributed by atoms with Gasteiger partial charge in [0.05, 0.1) is 0 Å². The highest BCUT2D eigenvalue weighted by Gasteiger charge is 2.24. The molecule has 1 atom stereocenters. The molecule has 2 aromatic rings. The van der Waals surface area contributed by atoms with Crippen LogP contribution in [0.15, 0.2) is 28.8 Å². The lowest BCUT2D eigenvalue weighted by Gasteiger charge is -2.33. The fraction of sp³-hybridized carbons (Fsp3) is 0.524. The second-order valence-corrected chi connectivity index (χ2v) is 7.50. The van der Waals surface area contributed by atoms with Crippen LogP contribution in [-0.4, -0.2) is 46.6 Å². The monoisotopic (exact) mass is 417 g/mol. The molecule has 2 N–H and O–H groups in total. The molecule has 3 amide bonds. The Morgan fingerprint density at radius 2 is 2.23 bits per heavy atom. The van der Waals surface area contributed by atoms with E-state index >= 15 is 0 Å². The zero-order valence-electron chi connectivity index (χ0n) is 17.2. The lowest BCUT2D eigenvalue weighted by atomic mass is 9.97. The van der Waals surface area contributed by atoms with E-state index in [1.807, 2.05) is 11.8 Å². The number of nitrogens with zero attached hydrogens (tertiary/aromatic N) is 3. The number of benzene rings is 1. The minimum Gasteiger partial charge on any atom is -0.342 e. The Morgan fingerprint density at radius 1 is 1.37 bits per heavy atom. The number of aryl methyl sites for hydroxylation is 2. The maximum Gasteiger partial charge on any atom is 0.319 e. The van der Waals surface area contributed by atoms with Gasteiger partial charge in [-0.3, -0.25) is 4.79 Å².